The zero-order valence-electron chi connectivity index (χ0n) is 22.0. The quantitative estimate of drug-likeness (QED) is 0.363. The number of carbonyl (C=O) groups is 3. The second-order valence-electron chi connectivity index (χ2n) is 10.8. The molecule has 2 aromatic rings. The molecule has 2 amide bonds. The lowest BCUT2D eigenvalue weighted by Crippen LogP contribution is -2.55. The molecule has 7 nitrogen and oxygen atoms in total. The fourth-order valence-corrected chi connectivity index (χ4v) is 4.04. The van der Waals surface area contributed by atoms with Crippen molar-refractivity contribution in [3.63, 3.8) is 0 Å². The van der Waals surface area contributed by atoms with Crippen LogP contribution in [0, 0.1) is 5.92 Å². The summed E-state index contributed by atoms with van der Waals surface area (Å²) in [5.74, 6) is -1.22. The summed E-state index contributed by atoms with van der Waals surface area (Å²) in [4.78, 5) is 40.7. The molecule has 0 saturated heterocycles. The lowest BCUT2D eigenvalue weighted by Gasteiger charge is -2.33. The molecule has 2 unspecified atom stereocenters. The van der Waals surface area contributed by atoms with E-state index in [4.69, 9.17) is 14.2 Å². The maximum Gasteiger partial charge on any atom is 0.420 e. The summed E-state index contributed by atoms with van der Waals surface area (Å²) in [7, 11) is 1.24. The number of nitrogens with zero attached hydrogens (tertiary/aromatic N) is 1. The Bertz CT molecular complexity index is 1060. The van der Waals surface area contributed by atoms with Gasteiger partial charge in [-0.3, -0.25) is 0 Å². The van der Waals surface area contributed by atoms with E-state index in [1.54, 1.807) is 41.5 Å². The van der Waals surface area contributed by atoms with Gasteiger partial charge in [0, 0.05) is 5.92 Å². The Hall–Kier alpha value is -3.61. The Balaban J connectivity index is 2.12. The van der Waals surface area contributed by atoms with Gasteiger partial charge in [0.2, 0.25) is 0 Å². The minimum absolute atomic E-state index is 0.182. The summed E-state index contributed by atoms with van der Waals surface area (Å²) < 4.78 is 16.2. The fraction of sp³-hybridized carbons (Fsp3) is 0.414. The summed E-state index contributed by atoms with van der Waals surface area (Å²) in [6.45, 7) is 10.1. The molecule has 1 aliphatic rings. The molecule has 36 heavy (non-hydrogen) atoms. The lowest BCUT2D eigenvalue weighted by atomic mass is 9.95. The number of hydrogen-bond acceptors (Lipinski definition) is 6. The Morgan fingerprint density at radius 2 is 1.22 bits per heavy atom. The number of benzene rings is 2. The van der Waals surface area contributed by atoms with Crippen LogP contribution in [0.3, 0.4) is 0 Å². The molecule has 3 rings (SSSR count). The first-order chi connectivity index (χ1) is 16.8. The minimum atomic E-state index is -1.59. The van der Waals surface area contributed by atoms with Crippen LogP contribution < -0.4 is 0 Å². The molecule has 7 heteroatoms. The SMILES string of the molecule is COC(=O)C1(N(C(=O)OC(C)(C)C)C(=O)OC(C)(C)C)CC1C=C(c1ccccc1)c1ccccc1. The van der Waals surface area contributed by atoms with Crippen LogP contribution in [-0.2, 0) is 19.0 Å². The van der Waals surface area contributed by atoms with Gasteiger partial charge in [0.25, 0.3) is 0 Å². The Kier molecular flexibility index (Phi) is 7.62. The van der Waals surface area contributed by atoms with E-state index in [9.17, 15) is 14.4 Å². The van der Waals surface area contributed by atoms with Crippen molar-refractivity contribution in [1.82, 2.24) is 4.90 Å². The molecule has 0 radical (unpaired) electrons. The van der Waals surface area contributed by atoms with Crippen LogP contribution in [0.15, 0.2) is 66.7 Å². The maximum atomic E-state index is 13.3. The molecule has 0 bridgehead atoms. The second-order valence-corrected chi connectivity index (χ2v) is 10.8. The average Bonchev–Trinajstić information content (AvgIpc) is 3.49. The number of esters is 1. The largest absolute Gasteiger partial charge is 0.467 e. The van der Waals surface area contributed by atoms with Crippen molar-refractivity contribution >= 4 is 23.7 Å². The monoisotopic (exact) mass is 493 g/mol. The highest BCUT2D eigenvalue weighted by Crippen LogP contribution is 2.53. The number of carbonyl (C=O) groups excluding carboxylic acids is 3. The average molecular weight is 494 g/mol. The molecule has 1 fully saturated rings. The first-order valence-electron chi connectivity index (χ1n) is 12.0. The van der Waals surface area contributed by atoms with Crippen molar-refractivity contribution in [3.8, 4) is 0 Å². The van der Waals surface area contributed by atoms with Crippen LogP contribution in [0.2, 0.25) is 0 Å². The van der Waals surface area contributed by atoms with Crippen molar-refractivity contribution in [3.05, 3.63) is 77.9 Å². The number of rotatable bonds is 5. The topological polar surface area (TPSA) is 82.1 Å². The smallest absolute Gasteiger partial charge is 0.420 e. The molecule has 192 valence electrons. The van der Waals surface area contributed by atoms with Gasteiger partial charge in [-0.15, -0.1) is 0 Å². The molecule has 0 spiro atoms. The Labute approximate surface area is 213 Å². The standard InChI is InChI=1S/C29H35NO6/c1-27(2,3)35-25(32)30(26(33)36-28(4,5)6)29(24(31)34-7)19-22(29)18-23(20-14-10-8-11-15-20)21-16-12-9-13-17-21/h8-18,22H,19H2,1-7H3. The van der Waals surface area contributed by atoms with Crippen LogP contribution >= 0.6 is 0 Å². The first kappa shape index (κ1) is 27.0. The third-order valence-corrected chi connectivity index (χ3v) is 5.61. The third-order valence-electron chi connectivity index (χ3n) is 5.61. The Morgan fingerprint density at radius 3 is 1.58 bits per heavy atom. The predicted molar refractivity (Wildman–Crippen MR) is 137 cm³/mol. The van der Waals surface area contributed by atoms with E-state index in [2.05, 4.69) is 0 Å². The number of methoxy groups -OCH3 is 1. The molecule has 0 N–H and O–H groups in total. The summed E-state index contributed by atoms with van der Waals surface area (Å²) >= 11 is 0. The van der Waals surface area contributed by atoms with E-state index in [-0.39, 0.29) is 6.42 Å². The maximum absolute atomic E-state index is 13.3. The van der Waals surface area contributed by atoms with Gasteiger partial charge >= 0.3 is 18.2 Å². The van der Waals surface area contributed by atoms with Gasteiger partial charge in [-0.25, -0.2) is 14.4 Å². The molecule has 1 saturated carbocycles. The van der Waals surface area contributed by atoms with E-state index in [1.165, 1.54) is 7.11 Å². The van der Waals surface area contributed by atoms with Gasteiger partial charge in [0.05, 0.1) is 7.11 Å². The van der Waals surface area contributed by atoms with Gasteiger partial charge < -0.3 is 14.2 Å². The Morgan fingerprint density at radius 1 is 0.806 bits per heavy atom. The van der Waals surface area contributed by atoms with Crippen molar-refractivity contribution in [2.24, 2.45) is 5.92 Å². The molecule has 2 atom stereocenters. The van der Waals surface area contributed by atoms with Gasteiger partial charge in [0.1, 0.15) is 11.2 Å². The van der Waals surface area contributed by atoms with Crippen LogP contribution in [-0.4, -0.2) is 46.9 Å². The summed E-state index contributed by atoms with van der Waals surface area (Å²) in [5.41, 5.74) is -0.623. The normalized spacial score (nSPS) is 19.0. The minimum Gasteiger partial charge on any atom is -0.467 e. The van der Waals surface area contributed by atoms with Crippen molar-refractivity contribution < 1.29 is 28.6 Å². The highest BCUT2D eigenvalue weighted by Gasteiger charge is 2.69. The van der Waals surface area contributed by atoms with Crippen LogP contribution in [0.5, 0.6) is 0 Å². The molecule has 0 aromatic heterocycles. The number of ether oxygens (including phenoxy) is 3. The van der Waals surface area contributed by atoms with E-state index in [0.29, 0.717) is 0 Å². The van der Waals surface area contributed by atoms with E-state index >= 15 is 0 Å². The zero-order valence-corrected chi connectivity index (χ0v) is 22.0. The second kappa shape index (κ2) is 10.2. The summed E-state index contributed by atoms with van der Waals surface area (Å²) in [6.07, 6.45) is 0.183. The van der Waals surface area contributed by atoms with E-state index < -0.39 is 40.8 Å². The first-order valence-corrected chi connectivity index (χ1v) is 12.0. The zero-order chi connectivity index (χ0) is 26.7. The van der Waals surface area contributed by atoms with Gasteiger partial charge in [0.15, 0.2) is 5.54 Å². The highest BCUT2D eigenvalue weighted by atomic mass is 16.6. The van der Waals surface area contributed by atoms with Crippen LogP contribution in [0.25, 0.3) is 5.57 Å². The van der Waals surface area contributed by atoms with E-state index in [0.717, 1.165) is 21.6 Å². The van der Waals surface area contributed by atoms with Crippen LogP contribution in [0.1, 0.15) is 59.1 Å². The van der Waals surface area contributed by atoms with Gasteiger partial charge in [-0.1, -0.05) is 66.7 Å². The molecular formula is C29H35NO6. The molecule has 1 aliphatic carbocycles. The summed E-state index contributed by atoms with van der Waals surface area (Å²) in [5, 5.41) is 0. The summed E-state index contributed by atoms with van der Waals surface area (Å²) in [6, 6.07) is 19.5. The van der Waals surface area contributed by atoms with Crippen LogP contribution in [0.4, 0.5) is 9.59 Å². The number of hydrogen-bond donors (Lipinski definition) is 0. The van der Waals surface area contributed by atoms with Crippen molar-refractivity contribution in [1.29, 1.82) is 0 Å². The van der Waals surface area contributed by atoms with Crippen molar-refractivity contribution in [2.45, 2.75) is 64.7 Å². The molecule has 2 aromatic carbocycles. The van der Waals surface area contributed by atoms with E-state index in [1.807, 2.05) is 66.7 Å². The molecule has 0 aliphatic heterocycles. The number of amides is 2. The van der Waals surface area contributed by atoms with Gasteiger partial charge in [-0.2, -0.15) is 4.90 Å². The lowest BCUT2D eigenvalue weighted by molar-refractivity contribution is -0.149. The molecular weight excluding hydrogens is 458 g/mol. The highest BCUT2D eigenvalue weighted by molar-refractivity contribution is 6.00. The van der Waals surface area contributed by atoms with Gasteiger partial charge in [-0.05, 0) is 64.7 Å². The third kappa shape index (κ3) is 6.14. The van der Waals surface area contributed by atoms with Crippen molar-refractivity contribution in [2.75, 3.05) is 7.11 Å². The fourth-order valence-electron chi connectivity index (χ4n) is 4.04. The number of imide groups is 1. The predicted octanol–water partition coefficient (Wildman–Crippen LogP) is 6.22. The molecule has 0 heterocycles.